The van der Waals surface area contributed by atoms with E-state index in [0.29, 0.717) is 29.7 Å². The van der Waals surface area contributed by atoms with E-state index in [4.69, 9.17) is 0 Å². The number of hydrogen-bond donors (Lipinski definition) is 3. The highest BCUT2D eigenvalue weighted by Crippen LogP contribution is 2.18. The molecule has 1 aromatic carbocycles. The Morgan fingerprint density at radius 3 is 2.44 bits per heavy atom. The number of carbonyl (C=O) groups excluding carboxylic acids is 1. The van der Waals surface area contributed by atoms with Crippen LogP contribution in [0.1, 0.15) is 17.1 Å². The lowest BCUT2D eigenvalue weighted by Crippen LogP contribution is -2.48. The van der Waals surface area contributed by atoms with Gasteiger partial charge in [-0.2, -0.15) is 0 Å². The molecular formula is C25H24N8O. The molecule has 4 heterocycles. The molecule has 170 valence electrons. The van der Waals surface area contributed by atoms with Crippen LogP contribution in [0, 0.1) is 12.8 Å². The van der Waals surface area contributed by atoms with E-state index in [-0.39, 0.29) is 11.8 Å². The van der Waals surface area contributed by atoms with Gasteiger partial charge < -0.3 is 16.0 Å². The van der Waals surface area contributed by atoms with Crippen LogP contribution >= 0.6 is 0 Å². The molecule has 9 heteroatoms. The Balaban J connectivity index is 1.24. The van der Waals surface area contributed by atoms with Crippen molar-refractivity contribution in [3.8, 4) is 11.5 Å². The van der Waals surface area contributed by atoms with Crippen LogP contribution in [0.5, 0.6) is 0 Å². The van der Waals surface area contributed by atoms with Crippen molar-refractivity contribution in [3.05, 3.63) is 84.1 Å². The smallest absolute Gasteiger partial charge is 0.230 e. The van der Waals surface area contributed by atoms with Crippen molar-refractivity contribution < 1.29 is 4.79 Å². The van der Waals surface area contributed by atoms with Gasteiger partial charge in [-0.05, 0) is 48.9 Å². The molecule has 3 N–H and O–H groups in total. The molecule has 5 rings (SSSR count). The van der Waals surface area contributed by atoms with Crippen molar-refractivity contribution in [1.29, 1.82) is 0 Å². The Kier molecular flexibility index (Phi) is 6.17. The van der Waals surface area contributed by atoms with Crippen LogP contribution in [-0.2, 0) is 11.2 Å². The summed E-state index contributed by atoms with van der Waals surface area (Å²) in [6.45, 7) is 3.42. The maximum atomic E-state index is 12.1. The predicted octanol–water partition coefficient (Wildman–Crippen LogP) is 3.13. The number of nitrogens with one attached hydrogen (secondary N) is 3. The second-order valence-corrected chi connectivity index (χ2v) is 8.13. The van der Waals surface area contributed by atoms with Crippen molar-refractivity contribution in [3.63, 3.8) is 0 Å². The molecule has 0 spiro atoms. The average molecular weight is 453 g/mol. The fourth-order valence-corrected chi connectivity index (χ4v) is 3.51. The van der Waals surface area contributed by atoms with E-state index in [1.807, 2.05) is 49.4 Å². The number of hydrogen-bond acceptors (Lipinski definition) is 8. The van der Waals surface area contributed by atoms with Gasteiger partial charge in [-0.25, -0.2) is 24.9 Å². The van der Waals surface area contributed by atoms with Crippen LogP contribution in [0.2, 0.25) is 0 Å². The summed E-state index contributed by atoms with van der Waals surface area (Å²) in [5.74, 6) is 2.60. The molecule has 0 aliphatic carbocycles. The summed E-state index contributed by atoms with van der Waals surface area (Å²) in [6, 6.07) is 17.1. The molecule has 0 bridgehead atoms. The van der Waals surface area contributed by atoms with Gasteiger partial charge in [0.05, 0.1) is 5.92 Å². The third-order valence-electron chi connectivity index (χ3n) is 5.47. The lowest BCUT2D eigenvalue weighted by atomic mass is 10.0. The van der Waals surface area contributed by atoms with E-state index in [1.165, 1.54) is 0 Å². The Bertz CT molecular complexity index is 1300. The van der Waals surface area contributed by atoms with Gasteiger partial charge in [0.25, 0.3) is 0 Å². The molecule has 1 saturated heterocycles. The molecule has 3 aromatic heterocycles. The first-order valence-corrected chi connectivity index (χ1v) is 11.1. The lowest BCUT2D eigenvalue weighted by Gasteiger charge is -2.25. The molecule has 1 aliphatic heterocycles. The van der Waals surface area contributed by atoms with E-state index in [9.17, 15) is 4.79 Å². The molecule has 0 unspecified atom stereocenters. The van der Waals surface area contributed by atoms with Gasteiger partial charge in [0, 0.05) is 43.3 Å². The second-order valence-electron chi connectivity index (χ2n) is 8.13. The van der Waals surface area contributed by atoms with E-state index < -0.39 is 0 Å². The van der Waals surface area contributed by atoms with Crippen LogP contribution in [0.15, 0.2) is 67.0 Å². The Morgan fingerprint density at radius 2 is 1.71 bits per heavy atom. The van der Waals surface area contributed by atoms with Gasteiger partial charge in [-0.15, -0.1) is 0 Å². The van der Waals surface area contributed by atoms with Crippen molar-refractivity contribution in [2.75, 3.05) is 23.7 Å². The van der Waals surface area contributed by atoms with E-state index in [1.54, 1.807) is 24.5 Å². The topological polar surface area (TPSA) is 118 Å². The maximum Gasteiger partial charge on any atom is 0.230 e. The van der Waals surface area contributed by atoms with Gasteiger partial charge in [0.2, 0.25) is 5.91 Å². The monoisotopic (exact) mass is 452 g/mol. The first kappa shape index (κ1) is 21.6. The zero-order chi connectivity index (χ0) is 23.3. The van der Waals surface area contributed by atoms with E-state index >= 15 is 0 Å². The SMILES string of the molecule is Cc1cccc(-c2nccc(Nc3ccnc(Cc4ccc(NC(=O)C5CNC5)cc4)n3)n2)n1. The number of carbonyl (C=O) groups is 1. The van der Waals surface area contributed by atoms with Gasteiger partial charge >= 0.3 is 0 Å². The third-order valence-corrected chi connectivity index (χ3v) is 5.47. The fraction of sp³-hybridized carbons (Fsp3) is 0.200. The summed E-state index contributed by atoms with van der Waals surface area (Å²) in [7, 11) is 0. The summed E-state index contributed by atoms with van der Waals surface area (Å²) >= 11 is 0. The quantitative estimate of drug-likeness (QED) is 0.392. The number of nitrogens with zero attached hydrogens (tertiary/aromatic N) is 5. The minimum absolute atomic E-state index is 0.0552. The summed E-state index contributed by atoms with van der Waals surface area (Å²) in [6.07, 6.45) is 3.98. The van der Waals surface area contributed by atoms with Crippen LogP contribution in [0.3, 0.4) is 0 Å². The minimum Gasteiger partial charge on any atom is -0.326 e. The largest absolute Gasteiger partial charge is 0.326 e. The number of aryl methyl sites for hydroxylation is 1. The van der Waals surface area contributed by atoms with Crippen molar-refractivity contribution >= 4 is 23.2 Å². The minimum atomic E-state index is 0.0552. The van der Waals surface area contributed by atoms with Gasteiger partial charge in [0.15, 0.2) is 5.82 Å². The van der Waals surface area contributed by atoms with Crippen LogP contribution in [-0.4, -0.2) is 43.9 Å². The van der Waals surface area contributed by atoms with Crippen molar-refractivity contribution in [1.82, 2.24) is 30.2 Å². The second kappa shape index (κ2) is 9.72. The highest BCUT2D eigenvalue weighted by Gasteiger charge is 2.24. The third kappa shape index (κ3) is 5.21. The number of benzene rings is 1. The summed E-state index contributed by atoms with van der Waals surface area (Å²) < 4.78 is 0. The average Bonchev–Trinajstić information content (AvgIpc) is 2.80. The maximum absolute atomic E-state index is 12.1. The van der Waals surface area contributed by atoms with Crippen molar-refractivity contribution in [2.24, 2.45) is 5.92 Å². The van der Waals surface area contributed by atoms with Crippen LogP contribution in [0.4, 0.5) is 17.3 Å². The Morgan fingerprint density at radius 1 is 0.941 bits per heavy atom. The highest BCUT2D eigenvalue weighted by atomic mass is 16.2. The standard InChI is InChI=1S/C25H24N8O/c1-16-3-2-4-20(29-16)24-28-12-10-22(33-24)31-21-9-11-27-23(32-21)13-17-5-7-19(8-6-17)30-25(34)18-14-26-15-18/h2-12,18,26H,13-15H2,1H3,(H,30,34)(H,27,28,31,32,33). The Labute approximate surface area is 197 Å². The zero-order valence-electron chi connectivity index (χ0n) is 18.7. The van der Waals surface area contributed by atoms with Crippen LogP contribution in [0.25, 0.3) is 11.5 Å². The highest BCUT2D eigenvalue weighted by molar-refractivity contribution is 5.93. The normalized spacial score (nSPS) is 13.2. The summed E-state index contributed by atoms with van der Waals surface area (Å²) in [4.78, 5) is 34.5. The van der Waals surface area contributed by atoms with E-state index in [0.717, 1.165) is 35.7 Å². The fourth-order valence-electron chi connectivity index (χ4n) is 3.51. The molecule has 0 saturated carbocycles. The molecule has 9 nitrogen and oxygen atoms in total. The molecule has 0 radical (unpaired) electrons. The molecular weight excluding hydrogens is 428 g/mol. The molecule has 1 fully saturated rings. The van der Waals surface area contributed by atoms with Gasteiger partial charge in [0.1, 0.15) is 23.2 Å². The first-order valence-electron chi connectivity index (χ1n) is 11.1. The number of amides is 1. The summed E-state index contributed by atoms with van der Waals surface area (Å²) in [5, 5.41) is 9.29. The number of pyridine rings is 1. The molecule has 1 amide bonds. The molecule has 1 aliphatic rings. The first-order chi connectivity index (χ1) is 16.6. The molecule has 4 aromatic rings. The Hall–Kier alpha value is -4.24. The lowest BCUT2D eigenvalue weighted by molar-refractivity contribution is -0.121. The summed E-state index contributed by atoms with van der Waals surface area (Å²) in [5.41, 5.74) is 3.47. The van der Waals surface area contributed by atoms with Crippen LogP contribution < -0.4 is 16.0 Å². The predicted molar refractivity (Wildman–Crippen MR) is 130 cm³/mol. The van der Waals surface area contributed by atoms with Crippen molar-refractivity contribution in [2.45, 2.75) is 13.3 Å². The molecule has 0 atom stereocenters. The van der Waals surface area contributed by atoms with Gasteiger partial charge in [-0.1, -0.05) is 18.2 Å². The number of rotatable bonds is 7. The van der Waals surface area contributed by atoms with E-state index in [2.05, 4.69) is 40.9 Å². The number of anilines is 3. The van der Waals surface area contributed by atoms with Gasteiger partial charge in [-0.3, -0.25) is 4.79 Å². The molecule has 34 heavy (non-hydrogen) atoms. The zero-order valence-corrected chi connectivity index (χ0v) is 18.7. The number of aromatic nitrogens is 5.